The van der Waals surface area contributed by atoms with Gasteiger partial charge in [-0.25, -0.2) is 4.98 Å². The smallest absolute Gasteiger partial charge is 0.262 e. The van der Waals surface area contributed by atoms with E-state index in [0.717, 1.165) is 11.1 Å². The van der Waals surface area contributed by atoms with E-state index in [2.05, 4.69) is 10.2 Å². The lowest BCUT2D eigenvalue weighted by molar-refractivity contribution is 0.620. The monoisotopic (exact) mass is 355 g/mol. The third-order valence-electron chi connectivity index (χ3n) is 4.65. The van der Waals surface area contributed by atoms with Crippen molar-refractivity contribution in [3.63, 3.8) is 0 Å². The summed E-state index contributed by atoms with van der Waals surface area (Å²) in [5.41, 5.74) is 2.55. The Morgan fingerprint density at radius 2 is 1.48 bits per heavy atom. The van der Waals surface area contributed by atoms with Gasteiger partial charge in [-0.3, -0.25) is 9.36 Å². The summed E-state index contributed by atoms with van der Waals surface area (Å²) in [7, 11) is 0. The first-order chi connectivity index (χ1) is 13.2. The molecule has 0 radical (unpaired) electrons. The lowest BCUT2D eigenvalue weighted by Gasteiger charge is -2.23. The van der Waals surface area contributed by atoms with Gasteiger partial charge in [-0.15, -0.1) is 4.91 Å². The molecule has 0 aliphatic heterocycles. The molecule has 132 valence electrons. The Balaban J connectivity index is 2.04. The van der Waals surface area contributed by atoms with Gasteiger partial charge < -0.3 is 0 Å². The van der Waals surface area contributed by atoms with Crippen molar-refractivity contribution in [1.82, 2.24) is 9.55 Å². The summed E-state index contributed by atoms with van der Waals surface area (Å²) in [6.07, 6.45) is 0. The third kappa shape index (κ3) is 3.04. The standard InChI is InChI=1S/C22H17N3O2/c1-15-23-20-13-12-18(24-27)14-19(20)22(26)25(15)21(16-8-4-2-5-9-16)17-10-6-3-7-11-17/h2-14,21H,1H3. The van der Waals surface area contributed by atoms with E-state index in [-0.39, 0.29) is 17.3 Å². The molecule has 0 spiro atoms. The van der Waals surface area contributed by atoms with E-state index in [4.69, 9.17) is 0 Å². The number of nitrogens with zero attached hydrogens (tertiary/aromatic N) is 3. The maximum atomic E-state index is 13.4. The molecule has 0 saturated heterocycles. The first-order valence-electron chi connectivity index (χ1n) is 8.65. The van der Waals surface area contributed by atoms with Gasteiger partial charge in [0.2, 0.25) is 0 Å². The molecule has 0 amide bonds. The number of nitroso groups, excluding NO2 is 1. The number of benzene rings is 3. The molecule has 4 aromatic rings. The van der Waals surface area contributed by atoms with Crippen LogP contribution in [-0.2, 0) is 0 Å². The lowest BCUT2D eigenvalue weighted by atomic mass is 9.98. The number of fused-ring (bicyclic) bond motifs is 1. The molecule has 0 aliphatic rings. The van der Waals surface area contributed by atoms with Gasteiger partial charge in [0.25, 0.3) is 5.56 Å². The van der Waals surface area contributed by atoms with Crippen molar-refractivity contribution in [2.75, 3.05) is 0 Å². The second kappa shape index (κ2) is 6.96. The quantitative estimate of drug-likeness (QED) is 0.497. The van der Waals surface area contributed by atoms with E-state index in [0.29, 0.717) is 16.7 Å². The number of hydrogen-bond acceptors (Lipinski definition) is 4. The SMILES string of the molecule is Cc1nc2ccc(N=O)cc2c(=O)n1C(c1ccccc1)c1ccccc1. The van der Waals surface area contributed by atoms with Crippen molar-refractivity contribution in [2.45, 2.75) is 13.0 Å². The number of aromatic nitrogens is 2. The second-order valence-corrected chi connectivity index (χ2v) is 6.35. The average Bonchev–Trinajstić information content (AvgIpc) is 2.72. The summed E-state index contributed by atoms with van der Waals surface area (Å²) < 4.78 is 1.68. The molecule has 0 aliphatic carbocycles. The molecule has 5 nitrogen and oxygen atoms in total. The minimum absolute atomic E-state index is 0.194. The molecule has 0 N–H and O–H groups in total. The average molecular weight is 355 g/mol. The van der Waals surface area contributed by atoms with Crippen molar-refractivity contribution in [3.8, 4) is 0 Å². The van der Waals surface area contributed by atoms with Crippen LogP contribution in [-0.4, -0.2) is 9.55 Å². The zero-order valence-electron chi connectivity index (χ0n) is 14.7. The maximum Gasteiger partial charge on any atom is 0.262 e. The summed E-state index contributed by atoms with van der Waals surface area (Å²) in [5.74, 6) is 0.608. The fraction of sp³-hybridized carbons (Fsp3) is 0.0909. The largest absolute Gasteiger partial charge is 0.285 e. The van der Waals surface area contributed by atoms with Crippen LogP contribution in [0, 0.1) is 11.8 Å². The molecule has 5 heteroatoms. The first kappa shape index (κ1) is 16.8. The highest BCUT2D eigenvalue weighted by Crippen LogP contribution is 2.27. The van der Waals surface area contributed by atoms with E-state index in [1.807, 2.05) is 67.6 Å². The minimum atomic E-state index is -0.315. The van der Waals surface area contributed by atoms with Gasteiger partial charge in [-0.1, -0.05) is 60.7 Å². The molecule has 0 atom stereocenters. The van der Waals surface area contributed by atoms with Crippen LogP contribution in [0.5, 0.6) is 0 Å². The summed E-state index contributed by atoms with van der Waals surface area (Å²) in [5, 5.41) is 3.33. The molecule has 0 bridgehead atoms. The van der Waals surface area contributed by atoms with Gasteiger partial charge >= 0.3 is 0 Å². The van der Waals surface area contributed by atoms with Crippen LogP contribution in [0.15, 0.2) is 88.8 Å². The first-order valence-corrected chi connectivity index (χ1v) is 8.65. The highest BCUT2D eigenvalue weighted by Gasteiger charge is 2.21. The fourth-order valence-corrected chi connectivity index (χ4v) is 3.42. The predicted octanol–water partition coefficient (Wildman–Crippen LogP) is 4.74. The molecule has 27 heavy (non-hydrogen) atoms. The van der Waals surface area contributed by atoms with E-state index >= 15 is 0 Å². The second-order valence-electron chi connectivity index (χ2n) is 6.35. The van der Waals surface area contributed by atoms with Crippen LogP contribution in [0.4, 0.5) is 5.69 Å². The Morgan fingerprint density at radius 1 is 0.889 bits per heavy atom. The van der Waals surface area contributed by atoms with Crippen LogP contribution in [0.1, 0.15) is 23.0 Å². The minimum Gasteiger partial charge on any atom is -0.285 e. The van der Waals surface area contributed by atoms with Crippen LogP contribution < -0.4 is 5.56 Å². The normalized spacial score (nSPS) is 11.0. The van der Waals surface area contributed by atoms with Gasteiger partial charge in [-0.05, 0) is 41.4 Å². The van der Waals surface area contributed by atoms with Gasteiger partial charge in [-0.2, -0.15) is 0 Å². The van der Waals surface area contributed by atoms with Crippen molar-refractivity contribution < 1.29 is 0 Å². The Kier molecular flexibility index (Phi) is 4.34. The van der Waals surface area contributed by atoms with Crippen LogP contribution in [0.25, 0.3) is 10.9 Å². The van der Waals surface area contributed by atoms with Gasteiger partial charge in [0.15, 0.2) is 0 Å². The van der Waals surface area contributed by atoms with Crippen molar-refractivity contribution in [2.24, 2.45) is 5.18 Å². The maximum absolute atomic E-state index is 13.4. The fourth-order valence-electron chi connectivity index (χ4n) is 3.42. The highest BCUT2D eigenvalue weighted by molar-refractivity contribution is 5.81. The Morgan fingerprint density at radius 3 is 2.04 bits per heavy atom. The zero-order valence-corrected chi connectivity index (χ0v) is 14.7. The van der Waals surface area contributed by atoms with E-state index in [1.54, 1.807) is 16.7 Å². The summed E-state index contributed by atoms with van der Waals surface area (Å²) in [6, 6.07) is 24.1. The van der Waals surface area contributed by atoms with Crippen LogP contribution in [0.2, 0.25) is 0 Å². The summed E-state index contributed by atoms with van der Waals surface area (Å²) >= 11 is 0. The highest BCUT2D eigenvalue weighted by atomic mass is 16.3. The topological polar surface area (TPSA) is 64.3 Å². The molecule has 1 heterocycles. The van der Waals surface area contributed by atoms with E-state index in [1.165, 1.54) is 6.07 Å². The van der Waals surface area contributed by atoms with Crippen molar-refractivity contribution in [3.05, 3.63) is 111 Å². The molecular formula is C22H17N3O2. The van der Waals surface area contributed by atoms with E-state index < -0.39 is 0 Å². The lowest BCUT2D eigenvalue weighted by Crippen LogP contribution is -2.29. The molecule has 1 aromatic heterocycles. The predicted molar refractivity (Wildman–Crippen MR) is 106 cm³/mol. The molecular weight excluding hydrogens is 338 g/mol. The van der Waals surface area contributed by atoms with Gasteiger partial charge in [0.05, 0.1) is 16.9 Å². The molecule has 0 unspecified atom stereocenters. The molecule has 0 saturated carbocycles. The number of rotatable bonds is 4. The van der Waals surface area contributed by atoms with Crippen molar-refractivity contribution >= 4 is 16.6 Å². The molecule has 4 rings (SSSR count). The molecule has 0 fully saturated rings. The molecule has 3 aromatic carbocycles. The Bertz CT molecular complexity index is 1130. The third-order valence-corrected chi connectivity index (χ3v) is 4.65. The van der Waals surface area contributed by atoms with Crippen LogP contribution in [0.3, 0.4) is 0 Å². The van der Waals surface area contributed by atoms with Crippen LogP contribution >= 0.6 is 0 Å². The summed E-state index contributed by atoms with van der Waals surface area (Å²) in [6.45, 7) is 1.83. The summed E-state index contributed by atoms with van der Waals surface area (Å²) in [4.78, 5) is 28.9. The van der Waals surface area contributed by atoms with Gasteiger partial charge in [0, 0.05) is 0 Å². The Labute approximate surface area is 155 Å². The van der Waals surface area contributed by atoms with Crippen molar-refractivity contribution in [1.29, 1.82) is 0 Å². The zero-order chi connectivity index (χ0) is 18.8. The van der Waals surface area contributed by atoms with Gasteiger partial charge in [0.1, 0.15) is 11.5 Å². The Hall–Kier alpha value is -3.60. The number of aryl methyl sites for hydroxylation is 1. The number of hydrogen-bond donors (Lipinski definition) is 0. The van der Waals surface area contributed by atoms with E-state index in [9.17, 15) is 9.70 Å².